The van der Waals surface area contributed by atoms with Crippen molar-refractivity contribution in [2.24, 2.45) is 5.73 Å². The summed E-state index contributed by atoms with van der Waals surface area (Å²) in [6.07, 6.45) is 0. The van der Waals surface area contributed by atoms with Crippen LogP contribution in [0, 0.1) is 0 Å². The second-order valence-corrected chi connectivity index (χ2v) is 3.25. The molecule has 1 aliphatic rings. The molecule has 1 atom stereocenters. The summed E-state index contributed by atoms with van der Waals surface area (Å²) < 4.78 is 10.1. The Balaban J connectivity index is 2.50. The highest BCUT2D eigenvalue weighted by Crippen LogP contribution is 2.12. The lowest BCUT2D eigenvalue weighted by atomic mass is 10.3. The fourth-order valence-corrected chi connectivity index (χ4v) is 1.36. The van der Waals surface area contributed by atoms with Crippen LogP contribution in [-0.4, -0.2) is 43.0 Å². The summed E-state index contributed by atoms with van der Waals surface area (Å²) >= 11 is 0. The Morgan fingerprint density at radius 1 is 1.54 bits per heavy atom. The first kappa shape index (κ1) is 10.4. The third-order valence-electron chi connectivity index (χ3n) is 1.99. The molecule has 1 heterocycles. The minimum Gasteiger partial charge on any atom is -0.431 e. The van der Waals surface area contributed by atoms with Crippen molar-refractivity contribution in [2.75, 3.05) is 26.3 Å². The van der Waals surface area contributed by atoms with Gasteiger partial charge in [0.05, 0.1) is 13.2 Å². The maximum atomic E-state index is 10.7. The van der Waals surface area contributed by atoms with Gasteiger partial charge in [0.15, 0.2) is 0 Å². The van der Waals surface area contributed by atoms with Gasteiger partial charge < -0.3 is 9.47 Å². The molecule has 2 N–H and O–H groups in total. The van der Waals surface area contributed by atoms with Crippen LogP contribution in [0.5, 0.6) is 0 Å². The van der Waals surface area contributed by atoms with E-state index in [0.29, 0.717) is 26.3 Å². The van der Waals surface area contributed by atoms with E-state index in [1.54, 1.807) is 6.92 Å². The van der Waals surface area contributed by atoms with Crippen molar-refractivity contribution in [1.29, 1.82) is 0 Å². The Labute approximate surface area is 77.8 Å². The van der Waals surface area contributed by atoms with E-state index in [1.807, 2.05) is 4.90 Å². The smallest absolute Gasteiger partial charge is 0.305 e. The Hall–Kier alpha value is -0.650. The summed E-state index contributed by atoms with van der Waals surface area (Å²) in [5.74, 6) is -1.37. The lowest BCUT2D eigenvalue weighted by Crippen LogP contribution is -2.59. The Bertz CT molecular complexity index is 188. The van der Waals surface area contributed by atoms with E-state index in [0.717, 1.165) is 0 Å². The van der Waals surface area contributed by atoms with Gasteiger partial charge in [0.2, 0.25) is 5.85 Å². The van der Waals surface area contributed by atoms with Crippen molar-refractivity contribution in [2.45, 2.75) is 19.7 Å². The number of hydrogen-bond acceptors (Lipinski definition) is 5. The van der Waals surface area contributed by atoms with Crippen LogP contribution in [0.1, 0.15) is 13.8 Å². The molecule has 1 unspecified atom stereocenters. The van der Waals surface area contributed by atoms with Gasteiger partial charge in [0.25, 0.3) is 0 Å². The van der Waals surface area contributed by atoms with Crippen molar-refractivity contribution in [1.82, 2.24) is 4.90 Å². The average Bonchev–Trinajstić information content (AvgIpc) is 2.04. The van der Waals surface area contributed by atoms with Gasteiger partial charge in [0, 0.05) is 26.9 Å². The highest BCUT2D eigenvalue weighted by molar-refractivity contribution is 5.66. The molecule has 0 bridgehead atoms. The van der Waals surface area contributed by atoms with Crippen LogP contribution in [-0.2, 0) is 14.3 Å². The summed E-state index contributed by atoms with van der Waals surface area (Å²) in [6, 6.07) is 0. The molecule has 5 nitrogen and oxygen atoms in total. The predicted molar refractivity (Wildman–Crippen MR) is 46.8 cm³/mol. The molecule has 0 aromatic carbocycles. The number of rotatable bonds is 2. The normalized spacial score (nSPS) is 23.6. The molecule has 1 rings (SSSR count). The Morgan fingerprint density at radius 2 is 2.08 bits per heavy atom. The molecule has 0 amide bonds. The van der Waals surface area contributed by atoms with Gasteiger partial charge in [0.1, 0.15) is 0 Å². The molecule has 0 radical (unpaired) electrons. The molecular formula is C8H16N2O3. The second kappa shape index (κ2) is 4.04. The van der Waals surface area contributed by atoms with Crippen LogP contribution in [0.15, 0.2) is 0 Å². The van der Waals surface area contributed by atoms with Gasteiger partial charge in [-0.25, -0.2) is 4.90 Å². The summed E-state index contributed by atoms with van der Waals surface area (Å²) in [5.41, 5.74) is 5.82. The molecule has 1 saturated heterocycles. The van der Waals surface area contributed by atoms with E-state index in [9.17, 15) is 4.79 Å². The largest absolute Gasteiger partial charge is 0.431 e. The molecule has 1 aliphatic heterocycles. The van der Waals surface area contributed by atoms with Crippen LogP contribution >= 0.6 is 0 Å². The molecule has 0 aromatic heterocycles. The fourth-order valence-electron chi connectivity index (χ4n) is 1.36. The van der Waals surface area contributed by atoms with E-state index in [-0.39, 0.29) is 5.97 Å². The van der Waals surface area contributed by atoms with Crippen molar-refractivity contribution in [3.63, 3.8) is 0 Å². The van der Waals surface area contributed by atoms with Gasteiger partial charge in [-0.1, -0.05) is 0 Å². The standard InChI is InChI=1S/C8H16N2O3/c1-7(11)13-8(2,9)10-3-5-12-6-4-10/h3-6,9H2,1-2H3. The zero-order chi connectivity index (χ0) is 9.90. The quantitative estimate of drug-likeness (QED) is 0.468. The molecule has 0 aromatic rings. The van der Waals surface area contributed by atoms with Crippen LogP contribution < -0.4 is 5.73 Å². The van der Waals surface area contributed by atoms with E-state index < -0.39 is 5.85 Å². The Kier molecular flexibility index (Phi) is 3.24. The van der Waals surface area contributed by atoms with E-state index in [4.69, 9.17) is 15.2 Å². The van der Waals surface area contributed by atoms with Gasteiger partial charge in [-0.2, -0.15) is 0 Å². The minimum atomic E-state index is -1.00. The number of carbonyl (C=O) groups excluding carboxylic acids is 1. The van der Waals surface area contributed by atoms with Crippen molar-refractivity contribution in [3.8, 4) is 0 Å². The third kappa shape index (κ3) is 2.95. The first-order valence-electron chi connectivity index (χ1n) is 4.33. The summed E-state index contributed by atoms with van der Waals surface area (Å²) in [7, 11) is 0. The number of ether oxygens (including phenoxy) is 2. The topological polar surface area (TPSA) is 64.8 Å². The lowest BCUT2D eigenvalue weighted by molar-refractivity contribution is -0.185. The third-order valence-corrected chi connectivity index (χ3v) is 1.99. The van der Waals surface area contributed by atoms with E-state index in [2.05, 4.69) is 0 Å². The molecule has 5 heteroatoms. The number of hydrogen-bond donors (Lipinski definition) is 1. The van der Waals surface area contributed by atoms with Gasteiger partial charge in [-0.05, 0) is 0 Å². The van der Waals surface area contributed by atoms with Crippen molar-refractivity contribution < 1.29 is 14.3 Å². The highest BCUT2D eigenvalue weighted by Gasteiger charge is 2.31. The van der Waals surface area contributed by atoms with Crippen LogP contribution in [0.4, 0.5) is 0 Å². The minimum absolute atomic E-state index is 0.364. The van der Waals surface area contributed by atoms with Crippen molar-refractivity contribution >= 4 is 5.97 Å². The summed E-state index contributed by atoms with van der Waals surface area (Å²) in [5, 5.41) is 0. The molecule has 13 heavy (non-hydrogen) atoms. The first-order chi connectivity index (χ1) is 6.02. The monoisotopic (exact) mass is 188 g/mol. The zero-order valence-corrected chi connectivity index (χ0v) is 8.08. The molecular weight excluding hydrogens is 172 g/mol. The molecule has 1 fully saturated rings. The lowest BCUT2D eigenvalue weighted by Gasteiger charge is -2.38. The van der Waals surface area contributed by atoms with Gasteiger partial charge >= 0.3 is 5.97 Å². The van der Waals surface area contributed by atoms with Crippen LogP contribution in [0.2, 0.25) is 0 Å². The number of carbonyl (C=O) groups is 1. The molecule has 0 spiro atoms. The van der Waals surface area contributed by atoms with Crippen LogP contribution in [0.25, 0.3) is 0 Å². The van der Waals surface area contributed by atoms with Gasteiger partial charge in [-0.15, -0.1) is 0 Å². The maximum absolute atomic E-state index is 10.7. The molecule has 76 valence electrons. The van der Waals surface area contributed by atoms with Crippen LogP contribution in [0.3, 0.4) is 0 Å². The highest BCUT2D eigenvalue weighted by atomic mass is 16.6. The maximum Gasteiger partial charge on any atom is 0.305 e. The SMILES string of the molecule is CC(=O)OC(C)(N)N1CCOCC1. The molecule has 0 saturated carbocycles. The first-order valence-corrected chi connectivity index (χ1v) is 4.33. The second-order valence-electron chi connectivity index (χ2n) is 3.25. The zero-order valence-electron chi connectivity index (χ0n) is 8.08. The Morgan fingerprint density at radius 3 is 2.54 bits per heavy atom. The molecule has 0 aliphatic carbocycles. The van der Waals surface area contributed by atoms with Crippen molar-refractivity contribution in [3.05, 3.63) is 0 Å². The van der Waals surface area contributed by atoms with E-state index in [1.165, 1.54) is 6.92 Å². The summed E-state index contributed by atoms with van der Waals surface area (Å²) in [4.78, 5) is 12.6. The summed E-state index contributed by atoms with van der Waals surface area (Å²) in [6.45, 7) is 5.69. The number of morpholine rings is 1. The number of esters is 1. The van der Waals surface area contributed by atoms with E-state index >= 15 is 0 Å². The number of nitrogens with zero attached hydrogens (tertiary/aromatic N) is 1. The fraction of sp³-hybridized carbons (Fsp3) is 0.875. The average molecular weight is 188 g/mol. The number of nitrogens with two attached hydrogens (primary N) is 1. The van der Waals surface area contributed by atoms with Gasteiger partial charge in [-0.3, -0.25) is 10.5 Å². The predicted octanol–water partition coefficient (Wildman–Crippen LogP) is -0.486.